The highest BCUT2D eigenvalue weighted by molar-refractivity contribution is 7.52. The van der Waals surface area contributed by atoms with Gasteiger partial charge in [-0.25, -0.2) is 9.36 Å². The van der Waals surface area contributed by atoms with E-state index in [0.717, 1.165) is 0 Å². The molecule has 3 rings (SSSR count). The maximum absolute atomic E-state index is 13.5. The lowest BCUT2D eigenvalue weighted by molar-refractivity contribution is -0.156. The molecule has 1 aliphatic rings. The Bertz CT molecular complexity index is 1140. The van der Waals surface area contributed by atoms with Gasteiger partial charge in [0.2, 0.25) is 0 Å². The number of nitrogens with one attached hydrogen (secondary N) is 2. The van der Waals surface area contributed by atoms with E-state index in [1.807, 2.05) is 0 Å². The van der Waals surface area contributed by atoms with E-state index in [-0.39, 0.29) is 6.61 Å². The molecule has 0 aliphatic carbocycles. The van der Waals surface area contributed by atoms with Gasteiger partial charge in [0.25, 0.3) is 5.56 Å². The molecule has 2 N–H and O–H groups in total. The van der Waals surface area contributed by atoms with Gasteiger partial charge in [0, 0.05) is 12.3 Å². The van der Waals surface area contributed by atoms with Gasteiger partial charge in [-0.05, 0) is 52.7 Å². The summed E-state index contributed by atoms with van der Waals surface area (Å²) in [5.74, 6) is -0.317. The fourth-order valence-electron chi connectivity index (χ4n) is 3.24. The summed E-state index contributed by atoms with van der Waals surface area (Å²) in [7, 11) is -4.02. The van der Waals surface area contributed by atoms with Gasteiger partial charge in [0.05, 0.1) is 12.7 Å². The fraction of sp³-hybridized carbons (Fsp3) is 0.500. The number of rotatable bonds is 9. The minimum absolute atomic E-state index is 0.118. The molecular formula is C22H30N3O8P. The van der Waals surface area contributed by atoms with Crippen molar-refractivity contribution in [2.24, 2.45) is 0 Å². The van der Waals surface area contributed by atoms with Crippen molar-refractivity contribution >= 4 is 13.7 Å². The lowest BCUT2D eigenvalue weighted by Crippen LogP contribution is -2.39. The molecule has 1 aliphatic heterocycles. The van der Waals surface area contributed by atoms with Crippen LogP contribution in [0, 0.1) is 0 Å². The van der Waals surface area contributed by atoms with Gasteiger partial charge in [0.15, 0.2) is 0 Å². The topological polar surface area (TPSA) is 138 Å². The van der Waals surface area contributed by atoms with Crippen molar-refractivity contribution in [2.45, 2.75) is 64.5 Å². The number of nitrogens with zero attached hydrogens (tertiary/aromatic N) is 1. The number of para-hydroxylation sites is 1. The maximum atomic E-state index is 13.5. The van der Waals surface area contributed by atoms with Gasteiger partial charge >= 0.3 is 19.4 Å². The van der Waals surface area contributed by atoms with Crippen LogP contribution in [0.15, 0.2) is 52.2 Å². The second-order valence-electron chi connectivity index (χ2n) is 8.89. The number of H-pyrrole nitrogens is 1. The Kier molecular flexibility index (Phi) is 8.14. The number of carbonyl (C=O) groups excluding carboxylic acids is 1. The van der Waals surface area contributed by atoms with E-state index in [4.69, 9.17) is 18.5 Å². The SMILES string of the molecule is C[C@@H](NP(=O)(OC[C@@H]1CC[C@H](n2ccc(=O)[nH]c2=O)O1)Oc1ccccc1)C(=O)OC(C)(C)C. The number of ether oxygens (including phenoxy) is 2. The molecule has 2 heterocycles. The van der Waals surface area contributed by atoms with Crippen LogP contribution in [0.2, 0.25) is 0 Å². The van der Waals surface area contributed by atoms with Gasteiger partial charge in [0.1, 0.15) is 23.6 Å². The van der Waals surface area contributed by atoms with E-state index in [1.165, 1.54) is 23.8 Å². The van der Waals surface area contributed by atoms with Crippen LogP contribution in [0.3, 0.4) is 0 Å². The zero-order chi connectivity index (χ0) is 24.9. The van der Waals surface area contributed by atoms with Crippen molar-refractivity contribution in [3.8, 4) is 5.75 Å². The van der Waals surface area contributed by atoms with Crippen LogP contribution < -0.4 is 20.9 Å². The van der Waals surface area contributed by atoms with E-state index in [1.54, 1.807) is 51.1 Å². The molecule has 0 bridgehead atoms. The second-order valence-corrected chi connectivity index (χ2v) is 10.6. The van der Waals surface area contributed by atoms with Crippen LogP contribution in [0.1, 0.15) is 46.8 Å². The van der Waals surface area contributed by atoms with Gasteiger partial charge in [-0.1, -0.05) is 18.2 Å². The zero-order valence-corrected chi connectivity index (χ0v) is 20.4. The number of hydrogen-bond donors (Lipinski definition) is 2. The zero-order valence-electron chi connectivity index (χ0n) is 19.6. The summed E-state index contributed by atoms with van der Waals surface area (Å²) in [6.45, 7) is 6.58. The second kappa shape index (κ2) is 10.7. The summed E-state index contributed by atoms with van der Waals surface area (Å²) in [6, 6.07) is 8.68. The minimum Gasteiger partial charge on any atom is -0.459 e. The Balaban J connectivity index is 1.68. The van der Waals surface area contributed by atoms with E-state index < -0.39 is 48.9 Å². The summed E-state index contributed by atoms with van der Waals surface area (Å²) < 4.78 is 37.3. The number of aromatic nitrogens is 2. The first-order chi connectivity index (χ1) is 15.9. The van der Waals surface area contributed by atoms with Crippen LogP contribution in [-0.4, -0.2) is 39.9 Å². The van der Waals surface area contributed by atoms with Crippen LogP contribution >= 0.6 is 7.75 Å². The molecule has 0 saturated carbocycles. The maximum Gasteiger partial charge on any atom is 0.459 e. The van der Waals surface area contributed by atoms with Crippen molar-refractivity contribution in [2.75, 3.05) is 6.61 Å². The molecule has 1 fully saturated rings. The van der Waals surface area contributed by atoms with Crippen LogP contribution in [-0.2, 0) is 23.4 Å². The molecule has 0 amide bonds. The average molecular weight is 495 g/mol. The molecule has 11 nitrogen and oxygen atoms in total. The third-order valence-corrected chi connectivity index (χ3v) is 6.40. The standard InChI is InChI=1S/C22H30N3O8P/c1-15(20(27)32-22(2,3)4)24-34(29,33-16-8-6-5-7-9-16)30-14-17-10-11-19(31-17)25-13-12-18(26)23-21(25)28/h5-9,12-13,15,17,19H,10-11,14H2,1-4H3,(H,24,29)(H,23,26,28)/t15-,17+,19-,34?/m1/s1. The summed E-state index contributed by atoms with van der Waals surface area (Å²) >= 11 is 0. The quantitative estimate of drug-likeness (QED) is 0.397. The molecular weight excluding hydrogens is 465 g/mol. The van der Waals surface area contributed by atoms with Crippen molar-refractivity contribution < 1.29 is 27.9 Å². The molecule has 4 atom stereocenters. The van der Waals surface area contributed by atoms with Gasteiger partial charge < -0.3 is 14.0 Å². The van der Waals surface area contributed by atoms with Gasteiger partial charge in [-0.2, -0.15) is 5.09 Å². The molecule has 1 saturated heterocycles. The first-order valence-electron chi connectivity index (χ1n) is 10.9. The molecule has 12 heteroatoms. The number of carbonyl (C=O) groups is 1. The Morgan fingerprint density at radius 2 is 1.94 bits per heavy atom. The molecule has 1 unspecified atom stereocenters. The predicted molar refractivity (Wildman–Crippen MR) is 124 cm³/mol. The van der Waals surface area contributed by atoms with Crippen molar-refractivity contribution in [3.05, 3.63) is 63.4 Å². The summed E-state index contributed by atoms with van der Waals surface area (Å²) in [5, 5.41) is 2.63. The largest absolute Gasteiger partial charge is 0.459 e. The number of hydrogen-bond acceptors (Lipinski definition) is 8. The first kappa shape index (κ1) is 25.9. The highest BCUT2D eigenvalue weighted by Gasteiger charge is 2.36. The summed E-state index contributed by atoms with van der Waals surface area (Å²) in [5.41, 5.74) is -1.79. The number of aromatic amines is 1. The molecule has 186 valence electrons. The van der Waals surface area contributed by atoms with Crippen LogP contribution in [0.25, 0.3) is 0 Å². The minimum atomic E-state index is -4.02. The van der Waals surface area contributed by atoms with Crippen LogP contribution in [0.4, 0.5) is 0 Å². The lowest BCUT2D eigenvalue weighted by atomic mass is 10.2. The normalized spacial score (nSPS) is 20.9. The Hall–Kier alpha value is -2.72. The highest BCUT2D eigenvalue weighted by atomic mass is 31.2. The van der Waals surface area contributed by atoms with Crippen molar-refractivity contribution in [1.82, 2.24) is 14.6 Å². The molecule has 1 aromatic carbocycles. The van der Waals surface area contributed by atoms with E-state index in [9.17, 15) is 18.9 Å². The first-order valence-corrected chi connectivity index (χ1v) is 12.5. The van der Waals surface area contributed by atoms with Gasteiger partial charge in [-0.15, -0.1) is 0 Å². The molecule has 0 radical (unpaired) electrons. The number of esters is 1. The Labute approximate surface area is 197 Å². The van der Waals surface area contributed by atoms with E-state index >= 15 is 0 Å². The van der Waals surface area contributed by atoms with E-state index in [2.05, 4.69) is 10.1 Å². The van der Waals surface area contributed by atoms with Crippen molar-refractivity contribution in [3.63, 3.8) is 0 Å². The Morgan fingerprint density at radius 1 is 1.24 bits per heavy atom. The smallest absolute Gasteiger partial charge is 0.459 e. The third kappa shape index (κ3) is 7.39. The van der Waals surface area contributed by atoms with Crippen molar-refractivity contribution in [1.29, 1.82) is 0 Å². The monoisotopic (exact) mass is 495 g/mol. The van der Waals surface area contributed by atoms with Crippen LogP contribution in [0.5, 0.6) is 5.75 Å². The molecule has 34 heavy (non-hydrogen) atoms. The third-order valence-electron chi connectivity index (χ3n) is 4.76. The molecule has 0 spiro atoms. The molecule has 2 aromatic rings. The fourth-order valence-corrected chi connectivity index (χ4v) is 4.76. The summed E-state index contributed by atoms with van der Waals surface area (Å²) in [4.78, 5) is 37.9. The molecule has 1 aromatic heterocycles. The highest BCUT2D eigenvalue weighted by Crippen LogP contribution is 2.45. The average Bonchev–Trinajstić information content (AvgIpc) is 3.20. The van der Waals surface area contributed by atoms with E-state index in [0.29, 0.717) is 18.6 Å². The lowest BCUT2D eigenvalue weighted by Gasteiger charge is -2.26. The van der Waals surface area contributed by atoms with Gasteiger partial charge in [-0.3, -0.25) is 23.7 Å². The predicted octanol–water partition coefficient (Wildman–Crippen LogP) is 2.74. The number of benzene rings is 1. The Morgan fingerprint density at radius 3 is 2.59 bits per heavy atom. The summed E-state index contributed by atoms with van der Waals surface area (Å²) in [6.07, 6.45) is 1.29.